The Morgan fingerprint density at radius 3 is 2.34 bits per heavy atom. The fourth-order valence-electron chi connectivity index (χ4n) is 2.96. The smallest absolute Gasteiger partial charge is 0.291 e. The molecule has 1 aliphatic rings. The van der Waals surface area contributed by atoms with Gasteiger partial charge < -0.3 is 0 Å². The topological polar surface area (TPSA) is 47.8 Å². The second-order valence-corrected chi connectivity index (χ2v) is 7.69. The SMILES string of the molecule is CCC(C)(F)CC.CCCCC(=O)c1nc2n(n1)C(c1ccccc1)CC2(F)F. The molecule has 0 aliphatic carbocycles. The number of fused-ring (bicyclic) bond motifs is 1. The van der Waals surface area contributed by atoms with Crippen LogP contribution in [0.15, 0.2) is 30.3 Å². The number of unbranched alkanes of at least 4 members (excludes halogenated alkanes) is 1. The summed E-state index contributed by atoms with van der Waals surface area (Å²) in [6.07, 6.45) is 2.76. The first-order valence-electron chi connectivity index (χ1n) is 10.3. The number of halogens is 3. The zero-order chi connectivity index (χ0) is 21.7. The molecule has 0 radical (unpaired) electrons. The number of alkyl halides is 3. The minimum Gasteiger partial charge on any atom is -0.291 e. The van der Waals surface area contributed by atoms with E-state index in [4.69, 9.17) is 0 Å². The van der Waals surface area contributed by atoms with Crippen LogP contribution in [0.2, 0.25) is 0 Å². The zero-order valence-corrected chi connectivity index (χ0v) is 17.6. The molecular weight excluding hydrogens is 379 g/mol. The monoisotopic (exact) mass is 409 g/mol. The van der Waals surface area contributed by atoms with Crippen molar-refractivity contribution in [1.82, 2.24) is 14.8 Å². The van der Waals surface area contributed by atoms with Crippen LogP contribution in [0.25, 0.3) is 0 Å². The maximum absolute atomic E-state index is 14.2. The molecule has 29 heavy (non-hydrogen) atoms. The summed E-state index contributed by atoms with van der Waals surface area (Å²) in [7, 11) is 0. The molecule has 0 amide bonds. The zero-order valence-electron chi connectivity index (χ0n) is 17.6. The van der Waals surface area contributed by atoms with Crippen molar-refractivity contribution in [2.45, 2.75) is 83.9 Å². The summed E-state index contributed by atoms with van der Waals surface area (Å²) < 4.78 is 42.1. The van der Waals surface area contributed by atoms with Gasteiger partial charge in [0, 0.05) is 12.8 Å². The molecule has 1 unspecified atom stereocenters. The van der Waals surface area contributed by atoms with Gasteiger partial charge in [0.25, 0.3) is 0 Å². The van der Waals surface area contributed by atoms with Gasteiger partial charge in [-0.05, 0) is 31.7 Å². The lowest BCUT2D eigenvalue weighted by molar-refractivity contribution is -0.00883. The standard InChI is InChI=1S/C16H17F2N3O.C6H13F/c1-2-3-9-13(22)14-19-15-16(17,18)10-12(21(15)20-14)11-7-5-4-6-8-11;1-4-6(3,7)5-2/h4-8,12H,2-3,9-10H2,1H3;4-5H2,1-3H3. The first kappa shape index (κ1) is 23.1. The molecule has 1 aromatic carbocycles. The van der Waals surface area contributed by atoms with Crippen LogP contribution in [0, 0.1) is 0 Å². The van der Waals surface area contributed by atoms with Crippen molar-refractivity contribution in [3.05, 3.63) is 47.5 Å². The molecule has 7 heteroatoms. The third kappa shape index (κ3) is 5.67. The molecule has 0 bridgehead atoms. The molecule has 0 fully saturated rings. The predicted molar refractivity (Wildman–Crippen MR) is 107 cm³/mol. The minimum absolute atomic E-state index is 0.0937. The van der Waals surface area contributed by atoms with Gasteiger partial charge in [0.1, 0.15) is 5.67 Å². The molecule has 2 aromatic rings. The van der Waals surface area contributed by atoms with E-state index in [0.717, 1.165) is 12.0 Å². The van der Waals surface area contributed by atoms with Crippen molar-refractivity contribution in [2.24, 2.45) is 0 Å². The maximum Gasteiger partial charge on any atom is 0.308 e. The molecule has 0 saturated carbocycles. The molecule has 1 atom stereocenters. The van der Waals surface area contributed by atoms with E-state index >= 15 is 0 Å². The van der Waals surface area contributed by atoms with Gasteiger partial charge in [-0.25, -0.2) is 14.1 Å². The summed E-state index contributed by atoms with van der Waals surface area (Å²) in [5, 5.41) is 4.07. The van der Waals surface area contributed by atoms with E-state index in [1.165, 1.54) is 4.68 Å². The highest BCUT2D eigenvalue weighted by atomic mass is 19.3. The fraction of sp³-hybridized carbons (Fsp3) is 0.591. The van der Waals surface area contributed by atoms with Crippen molar-refractivity contribution in [3.63, 3.8) is 0 Å². The van der Waals surface area contributed by atoms with Gasteiger partial charge >= 0.3 is 5.92 Å². The van der Waals surface area contributed by atoms with Gasteiger partial charge in [0.2, 0.25) is 11.6 Å². The van der Waals surface area contributed by atoms with Crippen LogP contribution in [0.3, 0.4) is 0 Å². The molecule has 0 spiro atoms. The third-order valence-corrected chi connectivity index (χ3v) is 5.37. The van der Waals surface area contributed by atoms with Crippen LogP contribution in [0.1, 0.15) is 94.3 Å². The van der Waals surface area contributed by atoms with E-state index < -0.39 is 23.5 Å². The molecule has 3 rings (SSSR count). The number of nitrogens with zero attached hydrogens (tertiary/aromatic N) is 3. The summed E-state index contributed by atoms with van der Waals surface area (Å²) in [4.78, 5) is 15.8. The molecule has 2 heterocycles. The number of Topliss-reactive ketones (excluding diaryl/α,β-unsaturated/α-hetero) is 1. The summed E-state index contributed by atoms with van der Waals surface area (Å²) in [6.45, 7) is 7.33. The minimum atomic E-state index is -3.06. The number of carbonyl (C=O) groups is 1. The van der Waals surface area contributed by atoms with E-state index in [-0.39, 0.29) is 18.0 Å². The molecule has 1 aliphatic heterocycles. The van der Waals surface area contributed by atoms with Crippen molar-refractivity contribution in [2.75, 3.05) is 0 Å². The largest absolute Gasteiger partial charge is 0.308 e. The summed E-state index contributed by atoms with van der Waals surface area (Å²) in [5.41, 5.74) is -0.168. The Morgan fingerprint density at radius 2 is 1.83 bits per heavy atom. The number of hydrogen-bond acceptors (Lipinski definition) is 3. The van der Waals surface area contributed by atoms with Crippen molar-refractivity contribution >= 4 is 5.78 Å². The Morgan fingerprint density at radius 1 is 1.21 bits per heavy atom. The van der Waals surface area contributed by atoms with Crippen molar-refractivity contribution < 1.29 is 18.0 Å². The highest BCUT2D eigenvalue weighted by molar-refractivity contribution is 5.92. The van der Waals surface area contributed by atoms with Gasteiger partial charge in [0.05, 0.1) is 6.04 Å². The quantitative estimate of drug-likeness (QED) is 0.506. The summed E-state index contributed by atoms with van der Waals surface area (Å²) in [5.74, 6) is -3.83. The van der Waals surface area contributed by atoms with E-state index in [2.05, 4.69) is 10.1 Å². The van der Waals surface area contributed by atoms with Gasteiger partial charge in [-0.3, -0.25) is 4.79 Å². The average molecular weight is 409 g/mol. The molecule has 0 N–H and O–H groups in total. The van der Waals surface area contributed by atoms with E-state index in [1.54, 1.807) is 31.2 Å². The normalized spacial score (nSPS) is 17.4. The number of rotatable bonds is 7. The molecular formula is C22H30F3N3O. The lowest BCUT2D eigenvalue weighted by Crippen LogP contribution is -2.13. The molecule has 1 aromatic heterocycles. The first-order chi connectivity index (χ1) is 13.6. The third-order valence-electron chi connectivity index (χ3n) is 5.37. The number of aromatic nitrogens is 3. The number of carbonyl (C=O) groups excluding carboxylic acids is 1. The summed E-state index contributed by atoms with van der Waals surface area (Å²) in [6, 6.07) is 8.43. The van der Waals surface area contributed by atoms with Crippen LogP contribution in [-0.4, -0.2) is 26.2 Å². The van der Waals surface area contributed by atoms with E-state index in [1.807, 2.05) is 26.8 Å². The molecule has 4 nitrogen and oxygen atoms in total. The molecule has 160 valence electrons. The Bertz CT molecular complexity index is 797. The number of benzene rings is 1. The Labute approximate surface area is 170 Å². The van der Waals surface area contributed by atoms with Crippen molar-refractivity contribution in [1.29, 1.82) is 0 Å². The van der Waals surface area contributed by atoms with E-state index in [9.17, 15) is 18.0 Å². The average Bonchev–Trinajstić information content (AvgIpc) is 3.27. The highest BCUT2D eigenvalue weighted by Crippen LogP contribution is 2.45. The molecule has 0 saturated heterocycles. The van der Waals surface area contributed by atoms with Crippen molar-refractivity contribution in [3.8, 4) is 0 Å². The Hall–Kier alpha value is -2.18. The van der Waals surface area contributed by atoms with Crippen LogP contribution in [-0.2, 0) is 5.92 Å². The van der Waals surface area contributed by atoms with Gasteiger partial charge in [0.15, 0.2) is 5.82 Å². The maximum atomic E-state index is 14.2. The Kier molecular flexibility index (Phi) is 7.60. The van der Waals surface area contributed by atoms with Crippen LogP contribution >= 0.6 is 0 Å². The van der Waals surface area contributed by atoms with E-state index in [0.29, 0.717) is 25.7 Å². The number of hydrogen-bond donors (Lipinski definition) is 0. The first-order valence-corrected chi connectivity index (χ1v) is 10.3. The predicted octanol–water partition coefficient (Wildman–Crippen LogP) is 6.27. The Balaban J connectivity index is 0.000000370. The fourth-order valence-corrected chi connectivity index (χ4v) is 2.96. The van der Waals surface area contributed by atoms with Gasteiger partial charge in [-0.2, -0.15) is 8.78 Å². The van der Waals surface area contributed by atoms with Crippen LogP contribution < -0.4 is 0 Å². The summed E-state index contributed by atoms with van der Waals surface area (Å²) >= 11 is 0. The van der Waals surface area contributed by atoms with Crippen LogP contribution in [0.5, 0.6) is 0 Å². The second kappa shape index (κ2) is 9.55. The van der Waals surface area contributed by atoms with Crippen LogP contribution in [0.4, 0.5) is 13.2 Å². The van der Waals surface area contributed by atoms with Gasteiger partial charge in [-0.1, -0.05) is 57.5 Å². The number of ketones is 1. The van der Waals surface area contributed by atoms with Gasteiger partial charge in [-0.15, -0.1) is 5.10 Å². The second-order valence-electron chi connectivity index (χ2n) is 7.69. The highest BCUT2D eigenvalue weighted by Gasteiger charge is 2.49. The lowest BCUT2D eigenvalue weighted by atomic mass is 10.0. The lowest BCUT2D eigenvalue weighted by Gasteiger charge is -2.13.